The summed E-state index contributed by atoms with van der Waals surface area (Å²) in [6, 6.07) is 0. The van der Waals surface area contributed by atoms with Gasteiger partial charge in [-0.15, -0.1) is 12.8 Å². The molecule has 5 nitrogen and oxygen atoms in total. The van der Waals surface area contributed by atoms with Crippen LogP contribution in [0.3, 0.4) is 0 Å². The second-order valence-electron chi connectivity index (χ2n) is 3.83. The van der Waals surface area contributed by atoms with Gasteiger partial charge in [0, 0.05) is 0 Å². The van der Waals surface area contributed by atoms with Crippen molar-refractivity contribution in [2.24, 2.45) is 0 Å². The molecule has 0 heterocycles. The Hall–Kier alpha value is -1.02. The predicted molar refractivity (Wildman–Crippen MR) is 74.5 cm³/mol. The fraction of sp³-hybridized carbons (Fsp3) is 0.667. The highest BCUT2D eigenvalue weighted by Gasteiger charge is 2.32. The van der Waals surface area contributed by atoms with Crippen LogP contribution in [0.2, 0.25) is 0 Å². The van der Waals surface area contributed by atoms with Gasteiger partial charge in [-0.25, -0.2) is 16.8 Å². The highest BCUT2D eigenvalue weighted by atomic mass is 32.2. The quantitative estimate of drug-likeness (QED) is 0.613. The lowest BCUT2D eigenvalue weighted by Crippen LogP contribution is -2.35. The fourth-order valence-electron chi connectivity index (χ4n) is 1.46. The second kappa shape index (κ2) is 7.54. The Labute approximate surface area is 115 Å². The molecule has 0 aliphatic rings. The van der Waals surface area contributed by atoms with E-state index >= 15 is 0 Å². The SMILES string of the molecule is C#CCS(=O)(=O)C(CC)OC(CC)S(=O)(=O)CC#C. The van der Waals surface area contributed by atoms with Gasteiger partial charge in [0.25, 0.3) is 0 Å². The molecule has 0 saturated heterocycles. The lowest BCUT2D eigenvalue weighted by atomic mass is 10.5. The maximum Gasteiger partial charge on any atom is 0.188 e. The molecule has 0 aromatic rings. The molecule has 108 valence electrons. The molecule has 19 heavy (non-hydrogen) atoms. The van der Waals surface area contributed by atoms with Gasteiger partial charge < -0.3 is 4.74 Å². The fourth-order valence-corrected chi connectivity index (χ4v) is 3.99. The molecule has 0 aliphatic carbocycles. The van der Waals surface area contributed by atoms with Gasteiger partial charge in [0.15, 0.2) is 30.5 Å². The third-order valence-corrected chi connectivity index (χ3v) is 5.97. The molecule has 0 aromatic carbocycles. The first-order valence-corrected chi connectivity index (χ1v) is 9.13. The molecule has 0 N–H and O–H groups in total. The van der Waals surface area contributed by atoms with Gasteiger partial charge in [-0.1, -0.05) is 25.7 Å². The number of hydrogen-bond acceptors (Lipinski definition) is 5. The summed E-state index contributed by atoms with van der Waals surface area (Å²) < 4.78 is 52.4. The molecule has 2 unspecified atom stereocenters. The van der Waals surface area contributed by atoms with Crippen molar-refractivity contribution in [3.05, 3.63) is 0 Å². The van der Waals surface area contributed by atoms with Crippen LogP contribution in [0.4, 0.5) is 0 Å². The minimum atomic E-state index is -3.68. The summed E-state index contributed by atoms with van der Waals surface area (Å²) in [5.41, 5.74) is -2.47. The molecular weight excluding hydrogens is 288 g/mol. The summed E-state index contributed by atoms with van der Waals surface area (Å²) in [6.07, 6.45) is 10.2. The maximum atomic E-state index is 11.8. The third kappa shape index (κ3) is 5.23. The van der Waals surface area contributed by atoms with Gasteiger partial charge in [0.1, 0.15) is 11.5 Å². The molecule has 0 rings (SSSR count). The number of hydrogen-bond donors (Lipinski definition) is 0. The minimum absolute atomic E-state index is 0.117. The molecule has 0 spiro atoms. The van der Waals surface area contributed by atoms with Crippen molar-refractivity contribution < 1.29 is 21.6 Å². The van der Waals surface area contributed by atoms with E-state index in [0.717, 1.165) is 0 Å². The Morgan fingerprint density at radius 2 is 1.21 bits per heavy atom. The summed E-state index contributed by atoms with van der Waals surface area (Å²) in [7, 11) is -7.35. The molecule has 0 aromatic heterocycles. The van der Waals surface area contributed by atoms with Crippen LogP contribution in [-0.2, 0) is 24.4 Å². The first kappa shape index (κ1) is 18.0. The van der Waals surface area contributed by atoms with Crippen molar-refractivity contribution in [2.75, 3.05) is 11.5 Å². The van der Waals surface area contributed by atoms with Crippen LogP contribution in [0.25, 0.3) is 0 Å². The smallest absolute Gasteiger partial charge is 0.188 e. The van der Waals surface area contributed by atoms with Crippen molar-refractivity contribution in [3.63, 3.8) is 0 Å². The van der Waals surface area contributed by atoms with Crippen molar-refractivity contribution in [2.45, 2.75) is 37.6 Å². The number of sulfone groups is 2. The van der Waals surface area contributed by atoms with E-state index in [9.17, 15) is 16.8 Å². The summed E-state index contributed by atoms with van der Waals surface area (Å²) in [4.78, 5) is 0. The average Bonchev–Trinajstić information content (AvgIpc) is 2.29. The summed E-state index contributed by atoms with van der Waals surface area (Å²) in [5.74, 6) is 3.08. The maximum absolute atomic E-state index is 11.8. The van der Waals surface area contributed by atoms with Gasteiger partial charge in [0.2, 0.25) is 0 Å². The van der Waals surface area contributed by atoms with Gasteiger partial charge in [-0.2, -0.15) is 0 Å². The van der Waals surface area contributed by atoms with Crippen LogP contribution >= 0.6 is 0 Å². The minimum Gasteiger partial charge on any atom is -0.343 e. The number of rotatable bonds is 8. The number of ether oxygens (including phenoxy) is 1. The van der Waals surface area contributed by atoms with Crippen molar-refractivity contribution in [1.82, 2.24) is 0 Å². The average molecular weight is 306 g/mol. The molecular formula is C12H18O5S2. The number of terminal acetylenes is 2. The zero-order valence-corrected chi connectivity index (χ0v) is 12.6. The molecule has 0 radical (unpaired) electrons. The predicted octanol–water partition coefficient (Wildman–Crippen LogP) is 0.571. The first-order chi connectivity index (χ1) is 8.75. The van der Waals surface area contributed by atoms with E-state index in [4.69, 9.17) is 17.6 Å². The van der Waals surface area contributed by atoms with Gasteiger partial charge in [-0.3, -0.25) is 0 Å². The van der Waals surface area contributed by atoms with E-state index in [1.807, 2.05) is 11.8 Å². The Morgan fingerprint density at radius 1 is 0.895 bits per heavy atom. The zero-order valence-electron chi connectivity index (χ0n) is 11.0. The summed E-state index contributed by atoms with van der Waals surface area (Å²) in [6.45, 7) is 3.17. The van der Waals surface area contributed by atoms with E-state index in [1.54, 1.807) is 13.8 Å². The largest absolute Gasteiger partial charge is 0.343 e. The Bertz CT molecular complexity index is 508. The molecule has 0 fully saturated rings. The topological polar surface area (TPSA) is 77.5 Å². The summed E-state index contributed by atoms with van der Waals surface area (Å²) >= 11 is 0. The van der Waals surface area contributed by atoms with E-state index in [0.29, 0.717) is 0 Å². The molecule has 0 aliphatic heterocycles. The van der Waals surface area contributed by atoms with Crippen LogP contribution in [0, 0.1) is 24.7 Å². The third-order valence-electron chi connectivity index (χ3n) is 2.34. The van der Waals surface area contributed by atoms with E-state index < -0.39 is 42.1 Å². The van der Waals surface area contributed by atoms with Crippen molar-refractivity contribution >= 4 is 19.7 Å². The van der Waals surface area contributed by atoms with Crippen LogP contribution in [0.1, 0.15) is 26.7 Å². The normalized spacial score (nSPS) is 15.2. The first-order valence-electron chi connectivity index (χ1n) is 5.70. The molecule has 0 saturated carbocycles. The highest BCUT2D eigenvalue weighted by Crippen LogP contribution is 2.17. The van der Waals surface area contributed by atoms with Gasteiger partial charge >= 0.3 is 0 Å². The lowest BCUT2D eigenvalue weighted by molar-refractivity contribution is 0.0746. The monoisotopic (exact) mass is 306 g/mol. The van der Waals surface area contributed by atoms with Gasteiger partial charge in [0.05, 0.1) is 0 Å². The van der Waals surface area contributed by atoms with Gasteiger partial charge in [-0.05, 0) is 12.8 Å². The molecule has 2 atom stereocenters. The van der Waals surface area contributed by atoms with Crippen LogP contribution in [0.15, 0.2) is 0 Å². The molecule has 0 bridgehead atoms. The van der Waals surface area contributed by atoms with Crippen LogP contribution in [0.5, 0.6) is 0 Å². The Kier molecular flexibility index (Phi) is 7.14. The Balaban J connectivity index is 5.18. The molecule has 0 amide bonds. The van der Waals surface area contributed by atoms with E-state index in [2.05, 4.69) is 0 Å². The lowest BCUT2D eigenvalue weighted by Gasteiger charge is -2.22. The summed E-state index contributed by atoms with van der Waals surface area (Å²) in [5, 5.41) is 0. The standard InChI is InChI=1S/C12H18O5S2/c1-5-9-18(13,14)11(7-3)17-12(8-4)19(15,16)10-6-2/h1-2,11-12H,7-10H2,3-4H3. The zero-order chi connectivity index (χ0) is 15.1. The van der Waals surface area contributed by atoms with E-state index in [-0.39, 0.29) is 12.8 Å². The van der Waals surface area contributed by atoms with E-state index in [1.165, 1.54) is 0 Å². The van der Waals surface area contributed by atoms with Crippen LogP contribution in [-0.4, -0.2) is 39.2 Å². The highest BCUT2D eigenvalue weighted by molar-refractivity contribution is 7.92. The molecule has 7 heteroatoms. The Morgan fingerprint density at radius 3 is 1.42 bits per heavy atom. The van der Waals surface area contributed by atoms with Crippen LogP contribution < -0.4 is 0 Å². The van der Waals surface area contributed by atoms with Crippen molar-refractivity contribution in [3.8, 4) is 24.7 Å². The van der Waals surface area contributed by atoms with Crippen molar-refractivity contribution in [1.29, 1.82) is 0 Å². The second-order valence-corrected chi connectivity index (χ2v) is 8.11.